The molecule has 2 aromatic rings. The highest BCUT2D eigenvalue weighted by atomic mass is 32.2. The molecule has 0 aliphatic carbocycles. The minimum Gasteiger partial charge on any atom is -0.481 e. The fourth-order valence-electron chi connectivity index (χ4n) is 2.27. The van der Waals surface area contributed by atoms with Crippen LogP contribution in [-0.4, -0.2) is 42.5 Å². The zero-order valence-corrected chi connectivity index (χ0v) is 15.3. The first-order chi connectivity index (χ1) is 13.2. The highest BCUT2D eigenvalue weighted by Crippen LogP contribution is 2.16. The molecule has 0 fully saturated rings. The van der Waals surface area contributed by atoms with Crippen LogP contribution in [0.15, 0.2) is 59.5 Å². The highest BCUT2D eigenvalue weighted by Gasteiger charge is 2.26. The van der Waals surface area contributed by atoms with Gasteiger partial charge in [-0.15, -0.1) is 0 Å². The molecule has 0 aliphatic heterocycles. The second-order valence-electron chi connectivity index (χ2n) is 5.79. The number of nitrogens with one attached hydrogen (secondary N) is 2. The largest absolute Gasteiger partial charge is 0.481 e. The van der Waals surface area contributed by atoms with Crippen LogP contribution < -0.4 is 10.0 Å². The molecule has 10 heteroatoms. The van der Waals surface area contributed by atoms with Crippen LogP contribution in [0.3, 0.4) is 0 Å². The average Bonchev–Trinajstić information content (AvgIpc) is 2.66. The molecule has 0 unspecified atom stereocenters. The molecule has 4 N–H and O–H groups in total. The molecule has 9 nitrogen and oxygen atoms in total. The Morgan fingerprint density at radius 1 is 0.929 bits per heavy atom. The minimum atomic E-state index is -4.19. The molecule has 0 aliphatic rings. The van der Waals surface area contributed by atoms with Crippen LogP contribution >= 0.6 is 0 Å². The number of sulfonamides is 1. The van der Waals surface area contributed by atoms with Crippen molar-refractivity contribution in [2.45, 2.75) is 23.8 Å². The Hall–Kier alpha value is -3.24. The maximum atomic E-state index is 12.3. The van der Waals surface area contributed by atoms with Crippen LogP contribution in [0, 0.1) is 0 Å². The van der Waals surface area contributed by atoms with E-state index in [1.54, 1.807) is 30.3 Å². The van der Waals surface area contributed by atoms with Gasteiger partial charge in [0.1, 0.15) is 6.04 Å². The number of benzene rings is 2. The molecule has 28 heavy (non-hydrogen) atoms. The monoisotopic (exact) mass is 406 g/mol. The number of carboxylic acids is 2. The number of hydrogen-bond acceptors (Lipinski definition) is 5. The molecule has 0 bridgehead atoms. The summed E-state index contributed by atoms with van der Waals surface area (Å²) >= 11 is 0. The zero-order chi connectivity index (χ0) is 20.7. The summed E-state index contributed by atoms with van der Waals surface area (Å²) in [6.45, 7) is 0. The molecule has 148 valence electrons. The molecular formula is C18H18N2O7S. The van der Waals surface area contributed by atoms with Gasteiger partial charge in [-0.05, 0) is 42.8 Å². The Labute approximate surface area is 161 Å². The molecule has 2 aromatic carbocycles. The summed E-state index contributed by atoms with van der Waals surface area (Å²) in [5.41, 5.74) is 0.789. The second kappa shape index (κ2) is 9.11. The molecule has 0 radical (unpaired) electrons. The molecule has 0 saturated heterocycles. The van der Waals surface area contributed by atoms with Gasteiger partial charge >= 0.3 is 11.9 Å². The van der Waals surface area contributed by atoms with Gasteiger partial charge in [0.2, 0.25) is 10.0 Å². The van der Waals surface area contributed by atoms with Crippen LogP contribution in [-0.2, 0) is 19.6 Å². The molecule has 0 saturated carbocycles. The van der Waals surface area contributed by atoms with Crippen molar-refractivity contribution in [1.29, 1.82) is 0 Å². The summed E-state index contributed by atoms with van der Waals surface area (Å²) in [5, 5.41) is 20.3. The summed E-state index contributed by atoms with van der Waals surface area (Å²) in [7, 11) is -4.19. The van der Waals surface area contributed by atoms with Gasteiger partial charge in [-0.2, -0.15) is 4.72 Å². The van der Waals surface area contributed by atoms with E-state index >= 15 is 0 Å². The van der Waals surface area contributed by atoms with Gasteiger partial charge in [0, 0.05) is 17.7 Å². The Balaban J connectivity index is 2.09. The Morgan fingerprint density at radius 3 is 2.07 bits per heavy atom. The third-order valence-corrected chi connectivity index (χ3v) is 5.19. The van der Waals surface area contributed by atoms with E-state index in [2.05, 4.69) is 5.32 Å². The van der Waals surface area contributed by atoms with Crippen LogP contribution in [0.1, 0.15) is 23.2 Å². The van der Waals surface area contributed by atoms with Gasteiger partial charge in [0.05, 0.1) is 4.90 Å². The minimum absolute atomic E-state index is 0.216. The number of anilines is 1. The number of carboxylic acid groups (broad SMARTS) is 2. The lowest BCUT2D eigenvalue weighted by Gasteiger charge is -2.14. The van der Waals surface area contributed by atoms with Crippen molar-refractivity contribution in [3.63, 3.8) is 0 Å². The standard InChI is InChI=1S/C18H18N2O7S/c21-16(22)11-10-15(18(24)25)20-28(26,27)14-8-6-13(7-9-14)19-17(23)12-4-2-1-3-5-12/h1-9,15,20H,10-11H2,(H,19,23)(H,21,22)(H,24,25)/t15-/m1/s1. The van der Waals surface area contributed by atoms with Crippen molar-refractivity contribution in [2.75, 3.05) is 5.32 Å². The van der Waals surface area contributed by atoms with E-state index < -0.39 is 40.8 Å². The summed E-state index contributed by atoms with van der Waals surface area (Å²) in [5.74, 6) is -3.07. The van der Waals surface area contributed by atoms with Crippen LogP contribution in [0.2, 0.25) is 0 Å². The maximum Gasteiger partial charge on any atom is 0.321 e. The third kappa shape index (κ3) is 5.89. The van der Waals surface area contributed by atoms with E-state index in [9.17, 15) is 22.8 Å². The number of carbonyl (C=O) groups is 3. The summed E-state index contributed by atoms with van der Waals surface area (Å²) < 4.78 is 26.6. The second-order valence-corrected chi connectivity index (χ2v) is 7.50. The van der Waals surface area contributed by atoms with E-state index in [0.29, 0.717) is 11.3 Å². The van der Waals surface area contributed by atoms with Gasteiger partial charge in [-0.3, -0.25) is 14.4 Å². The Kier molecular flexibility index (Phi) is 6.85. The lowest BCUT2D eigenvalue weighted by molar-refractivity contribution is -0.140. The molecule has 2 rings (SSSR count). The number of amides is 1. The lowest BCUT2D eigenvalue weighted by atomic mass is 10.2. The van der Waals surface area contributed by atoms with Gasteiger partial charge in [-0.1, -0.05) is 18.2 Å². The van der Waals surface area contributed by atoms with Crippen molar-refractivity contribution in [3.8, 4) is 0 Å². The number of rotatable bonds is 9. The van der Waals surface area contributed by atoms with Crippen LogP contribution in [0.5, 0.6) is 0 Å². The van der Waals surface area contributed by atoms with Crippen LogP contribution in [0.4, 0.5) is 5.69 Å². The first-order valence-corrected chi connectivity index (χ1v) is 9.61. The number of carbonyl (C=O) groups excluding carboxylic acids is 1. The lowest BCUT2D eigenvalue weighted by Crippen LogP contribution is -2.41. The van der Waals surface area contributed by atoms with Crippen molar-refractivity contribution in [2.24, 2.45) is 0 Å². The molecular weight excluding hydrogens is 388 g/mol. The fourth-order valence-corrected chi connectivity index (χ4v) is 3.49. The summed E-state index contributed by atoms with van der Waals surface area (Å²) in [4.78, 5) is 33.6. The normalized spacial score (nSPS) is 12.1. The van der Waals surface area contributed by atoms with E-state index in [4.69, 9.17) is 10.2 Å². The predicted octanol–water partition coefficient (Wildman–Crippen LogP) is 1.54. The van der Waals surface area contributed by atoms with Crippen molar-refractivity contribution in [1.82, 2.24) is 4.72 Å². The topological polar surface area (TPSA) is 150 Å². The smallest absolute Gasteiger partial charge is 0.321 e. The quantitative estimate of drug-likeness (QED) is 0.493. The fraction of sp³-hybridized carbons (Fsp3) is 0.167. The first kappa shape index (κ1) is 21.1. The van der Waals surface area contributed by atoms with Crippen LogP contribution in [0.25, 0.3) is 0 Å². The van der Waals surface area contributed by atoms with Gasteiger partial charge in [0.15, 0.2) is 0 Å². The highest BCUT2D eigenvalue weighted by molar-refractivity contribution is 7.89. The molecule has 1 atom stereocenters. The maximum absolute atomic E-state index is 12.3. The van der Waals surface area contributed by atoms with Crippen molar-refractivity contribution < 1.29 is 33.0 Å². The molecule has 1 amide bonds. The van der Waals surface area contributed by atoms with E-state index in [1.165, 1.54) is 24.3 Å². The molecule has 0 spiro atoms. The van der Waals surface area contributed by atoms with Gasteiger partial charge in [-0.25, -0.2) is 8.42 Å². The third-order valence-electron chi connectivity index (χ3n) is 3.70. The first-order valence-electron chi connectivity index (χ1n) is 8.12. The van der Waals surface area contributed by atoms with Crippen molar-refractivity contribution in [3.05, 3.63) is 60.2 Å². The Bertz CT molecular complexity index is 957. The molecule has 0 aromatic heterocycles. The van der Waals surface area contributed by atoms with Gasteiger partial charge < -0.3 is 15.5 Å². The van der Waals surface area contributed by atoms with E-state index in [1.807, 2.05) is 4.72 Å². The summed E-state index contributed by atoms with van der Waals surface area (Å²) in [6, 6.07) is 12.0. The van der Waals surface area contributed by atoms with Crippen molar-refractivity contribution >= 4 is 33.6 Å². The number of aliphatic carboxylic acids is 2. The van der Waals surface area contributed by atoms with E-state index in [0.717, 1.165) is 0 Å². The zero-order valence-electron chi connectivity index (χ0n) is 14.5. The predicted molar refractivity (Wildman–Crippen MR) is 99.5 cm³/mol. The number of hydrogen-bond donors (Lipinski definition) is 4. The Morgan fingerprint density at radius 2 is 1.54 bits per heavy atom. The SMILES string of the molecule is O=C(O)CC[C@@H](NS(=O)(=O)c1ccc(NC(=O)c2ccccc2)cc1)C(=O)O. The average molecular weight is 406 g/mol. The summed E-state index contributed by atoms with van der Waals surface area (Å²) in [6.07, 6.45) is -0.890. The molecule has 0 heterocycles. The van der Waals surface area contributed by atoms with Gasteiger partial charge in [0.25, 0.3) is 5.91 Å². The van der Waals surface area contributed by atoms with E-state index in [-0.39, 0.29) is 10.8 Å².